The molecule has 0 bridgehead atoms. The molecule has 1 aliphatic rings. The standard InChI is InChI=1S/C18H19N3O4S/c1-20(12-8-14-6-10-19-11-7-14)18(23)15-2-4-16(5-3-15)21-17(22)9-13-26(21,24)25/h2-7,10-11H,8-9,12-13H2,1H3. The average Bonchev–Trinajstić information content (AvgIpc) is 2.92. The third kappa shape index (κ3) is 3.75. The topological polar surface area (TPSA) is 87.7 Å². The lowest BCUT2D eigenvalue weighted by Crippen LogP contribution is -2.30. The molecule has 0 radical (unpaired) electrons. The number of benzene rings is 1. The smallest absolute Gasteiger partial charge is 0.253 e. The number of nitrogens with zero attached hydrogens (tertiary/aromatic N) is 3. The predicted octanol–water partition coefficient (Wildman–Crippen LogP) is 1.46. The van der Waals surface area contributed by atoms with Crippen molar-refractivity contribution in [3.63, 3.8) is 0 Å². The molecule has 7 nitrogen and oxygen atoms in total. The van der Waals surface area contributed by atoms with Crippen molar-refractivity contribution in [2.45, 2.75) is 12.8 Å². The van der Waals surface area contributed by atoms with E-state index < -0.39 is 15.9 Å². The van der Waals surface area contributed by atoms with E-state index >= 15 is 0 Å². The van der Waals surface area contributed by atoms with Crippen LogP contribution < -0.4 is 4.31 Å². The highest BCUT2D eigenvalue weighted by molar-refractivity contribution is 7.94. The first kappa shape index (κ1) is 18.1. The van der Waals surface area contributed by atoms with Crippen molar-refractivity contribution in [2.24, 2.45) is 0 Å². The predicted molar refractivity (Wildman–Crippen MR) is 97.2 cm³/mol. The van der Waals surface area contributed by atoms with Gasteiger partial charge in [-0.1, -0.05) is 0 Å². The van der Waals surface area contributed by atoms with E-state index in [9.17, 15) is 18.0 Å². The number of aromatic nitrogens is 1. The highest BCUT2D eigenvalue weighted by Crippen LogP contribution is 2.25. The van der Waals surface area contributed by atoms with Crippen molar-refractivity contribution in [1.82, 2.24) is 9.88 Å². The van der Waals surface area contributed by atoms with Gasteiger partial charge in [-0.2, -0.15) is 0 Å². The lowest BCUT2D eigenvalue weighted by atomic mass is 10.1. The zero-order chi connectivity index (χ0) is 18.7. The van der Waals surface area contributed by atoms with Crippen molar-refractivity contribution in [2.75, 3.05) is 23.7 Å². The van der Waals surface area contributed by atoms with Gasteiger partial charge in [-0.3, -0.25) is 14.6 Å². The fourth-order valence-electron chi connectivity index (χ4n) is 2.78. The highest BCUT2D eigenvalue weighted by atomic mass is 32.2. The van der Waals surface area contributed by atoms with Gasteiger partial charge in [0.25, 0.3) is 5.91 Å². The van der Waals surface area contributed by atoms with E-state index in [1.807, 2.05) is 12.1 Å². The number of pyridine rings is 1. The van der Waals surface area contributed by atoms with Crippen LogP contribution in [0.25, 0.3) is 0 Å². The van der Waals surface area contributed by atoms with E-state index in [1.54, 1.807) is 36.5 Å². The van der Waals surface area contributed by atoms with Gasteiger partial charge >= 0.3 is 0 Å². The SMILES string of the molecule is CN(CCc1ccncc1)C(=O)c1ccc(N2C(=O)CCS2(=O)=O)cc1. The van der Waals surface area contributed by atoms with Gasteiger partial charge in [-0.15, -0.1) is 0 Å². The monoisotopic (exact) mass is 373 g/mol. The third-order valence-corrected chi connectivity index (χ3v) is 5.95. The van der Waals surface area contributed by atoms with E-state index in [4.69, 9.17) is 0 Å². The molecule has 2 amide bonds. The Hall–Kier alpha value is -2.74. The number of hydrogen-bond acceptors (Lipinski definition) is 5. The number of sulfonamides is 1. The fraction of sp³-hybridized carbons (Fsp3) is 0.278. The van der Waals surface area contributed by atoms with Crippen LogP contribution in [0.15, 0.2) is 48.8 Å². The molecule has 1 aliphatic heterocycles. The molecular formula is C18H19N3O4S. The number of carbonyl (C=O) groups excluding carboxylic acids is 2. The molecule has 0 saturated carbocycles. The van der Waals surface area contributed by atoms with Crippen LogP contribution in [-0.4, -0.2) is 49.5 Å². The van der Waals surface area contributed by atoms with Crippen molar-refractivity contribution in [3.8, 4) is 0 Å². The van der Waals surface area contributed by atoms with E-state index in [-0.39, 0.29) is 23.8 Å². The van der Waals surface area contributed by atoms with Gasteiger partial charge in [0.1, 0.15) is 0 Å². The van der Waals surface area contributed by atoms with Crippen LogP contribution in [0.4, 0.5) is 5.69 Å². The van der Waals surface area contributed by atoms with Gasteiger partial charge in [0.05, 0.1) is 11.4 Å². The lowest BCUT2D eigenvalue weighted by Gasteiger charge is -2.18. The minimum atomic E-state index is -3.59. The lowest BCUT2D eigenvalue weighted by molar-refractivity contribution is -0.116. The number of carbonyl (C=O) groups is 2. The van der Waals surface area contributed by atoms with Crippen molar-refractivity contribution >= 4 is 27.5 Å². The first-order valence-corrected chi connectivity index (χ1v) is 9.80. The van der Waals surface area contributed by atoms with Gasteiger partial charge < -0.3 is 4.90 Å². The van der Waals surface area contributed by atoms with Crippen LogP contribution in [0.1, 0.15) is 22.3 Å². The maximum atomic E-state index is 12.5. The molecule has 0 aliphatic carbocycles. The Kier molecular flexibility index (Phi) is 5.03. The molecule has 2 heterocycles. The Morgan fingerprint density at radius 1 is 1.15 bits per heavy atom. The molecule has 0 N–H and O–H groups in total. The van der Waals surface area contributed by atoms with E-state index in [0.29, 0.717) is 18.5 Å². The summed E-state index contributed by atoms with van der Waals surface area (Å²) in [6.07, 6.45) is 4.12. The molecule has 1 saturated heterocycles. The van der Waals surface area contributed by atoms with Crippen LogP contribution in [0.2, 0.25) is 0 Å². The zero-order valence-corrected chi connectivity index (χ0v) is 15.1. The van der Waals surface area contributed by atoms with E-state index in [1.165, 1.54) is 12.1 Å². The van der Waals surface area contributed by atoms with Crippen LogP contribution in [-0.2, 0) is 21.2 Å². The quantitative estimate of drug-likeness (QED) is 0.792. The minimum absolute atomic E-state index is 0.0131. The zero-order valence-electron chi connectivity index (χ0n) is 14.3. The summed E-state index contributed by atoms with van der Waals surface area (Å²) in [5.74, 6) is -0.788. The van der Waals surface area contributed by atoms with Crippen molar-refractivity contribution in [1.29, 1.82) is 0 Å². The second-order valence-electron chi connectivity index (χ2n) is 6.10. The average molecular weight is 373 g/mol. The molecule has 8 heteroatoms. The molecule has 2 aromatic rings. The summed E-state index contributed by atoms with van der Waals surface area (Å²) in [7, 11) is -1.88. The second kappa shape index (κ2) is 7.25. The molecular weight excluding hydrogens is 354 g/mol. The molecule has 0 atom stereocenters. The highest BCUT2D eigenvalue weighted by Gasteiger charge is 2.36. The normalized spacial score (nSPS) is 15.9. The summed E-state index contributed by atoms with van der Waals surface area (Å²) < 4.78 is 24.7. The van der Waals surface area contributed by atoms with Crippen LogP contribution >= 0.6 is 0 Å². The van der Waals surface area contributed by atoms with Gasteiger partial charge in [0, 0.05) is 38.0 Å². The molecule has 136 valence electrons. The van der Waals surface area contributed by atoms with E-state index in [2.05, 4.69) is 4.98 Å². The van der Waals surface area contributed by atoms with Crippen molar-refractivity contribution < 1.29 is 18.0 Å². The summed E-state index contributed by atoms with van der Waals surface area (Å²) in [5, 5.41) is 0. The van der Waals surface area contributed by atoms with Gasteiger partial charge in [0.2, 0.25) is 15.9 Å². The van der Waals surface area contributed by atoms with E-state index in [0.717, 1.165) is 9.87 Å². The second-order valence-corrected chi connectivity index (χ2v) is 8.04. The molecule has 3 rings (SSSR count). The first-order valence-electron chi connectivity index (χ1n) is 8.19. The third-order valence-electron chi connectivity index (χ3n) is 4.26. The molecule has 0 unspecified atom stereocenters. The molecule has 1 aromatic heterocycles. The molecule has 1 aromatic carbocycles. The Balaban J connectivity index is 1.68. The maximum Gasteiger partial charge on any atom is 0.253 e. The Labute approximate surface area is 152 Å². The molecule has 1 fully saturated rings. The number of anilines is 1. The Bertz CT molecular complexity index is 911. The van der Waals surface area contributed by atoms with Crippen LogP contribution in [0, 0.1) is 0 Å². The summed E-state index contributed by atoms with van der Waals surface area (Å²) in [4.78, 5) is 29.9. The molecule has 0 spiro atoms. The summed E-state index contributed by atoms with van der Waals surface area (Å²) in [6, 6.07) is 9.88. The maximum absolute atomic E-state index is 12.5. The number of likely N-dealkylation sites (N-methyl/N-ethyl adjacent to an activating group) is 1. The fourth-order valence-corrected chi connectivity index (χ4v) is 4.24. The van der Waals surface area contributed by atoms with Gasteiger partial charge in [-0.25, -0.2) is 12.7 Å². The molecule has 26 heavy (non-hydrogen) atoms. The summed E-state index contributed by atoms with van der Waals surface area (Å²) >= 11 is 0. The summed E-state index contributed by atoms with van der Waals surface area (Å²) in [5.41, 5.74) is 1.80. The van der Waals surface area contributed by atoms with Crippen molar-refractivity contribution in [3.05, 3.63) is 59.9 Å². The Morgan fingerprint density at radius 3 is 2.38 bits per heavy atom. The largest absolute Gasteiger partial charge is 0.341 e. The number of amides is 2. The number of rotatable bonds is 5. The summed E-state index contributed by atoms with van der Waals surface area (Å²) in [6.45, 7) is 0.545. The number of hydrogen-bond donors (Lipinski definition) is 0. The van der Waals surface area contributed by atoms with Gasteiger partial charge in [0.15, 0.2) is 0 Å². The minimum Gasteiger partial charge on any atom is -0.341 e. The van der Waals surface area contributed by atoms with Gasteiger partial charge in [-0.05, 0) is 48.4 Å². The van der Waals surface area contributed by atoms with Crippen LogP contribution in [0.3, 0.4) is 0 Å². The first-order chi connectivity index (χ1) is 12.4. The van der Waals surface area contributed by atoms with Crippen LogP contribution in [0.5, 0.6) is 0 Å². The Morgan fingerprint density at radius 2 is 1.81 bits per heavy atom.